The summed E-state index contributed by atoms with van der Waals surface area (Å²) in [5.74, 6) is -0.0637. The van der Waals surface area contributed by atoms with Crippen molar-refractivity contribution in [3.8, 4) is 0 Å². The SMILES string of the molecule is Cc1ccc(S(=O)(=O)N2CCOCC2)cc1C(=O)N1CCCCC1. The van der Waals surface area contributed by atoms with E-state index in [0.717, 1.165) is 37.9 Å². The number of nitrogens with zero attached hydrogens (tertiary/aromatic N) is 2. The van der Waals surface area contributed by atoms with E-state index >= 15 is 0 Å². The van der Waals surface area contributed by atoms with Gasteiger partial charge in [0.05, 0.1) is 18.1 Å². The summed E-state index contributed by atoms with van der Waals surface area (Å²) in [6, 6.07) is 4.86. The molecule has 1 aromatic rings. The zero-order valence-corrected chi connectivity index (χ0v) is 14.8. The van der Waals surface area contributed by atoms with E-state index in [1.54, 1.807) is 12.1 Å². The number of aryl methyl sites for hydroxylation is 1. The molecule has 2 aliphatic rings. The average Bonchev–Trinajstić information content (AvgIpc) is 2.63. The number of hydrogen-bond donors (Lipinski definition) is 0. The smallest absolute Gasteiger partial charge is 0.254 e. The van der Waals surface area contributed by atoms with E-state index in [0.29, 0.717) is 31.9 Å². The fraction of sp³-hybridized carbons (Fsp3) is 0.588. The number of morpholine rings is 1. The Bertz CT molecular complexity index is 705. The average molecular weight is 352 g/mol. The summed E-state index contributed by atoms with van der Waals surface area (Å²) in [4.78, 5) is 14.8. The Hall–Kier alpha value is -1.44. The molecule has 132 valence electrons. The molecular weight excluding hydrogens is 328 g/mol. The minimum atomic E-state index is -3.58. The van der Waals surface area contributed by atoms with Crippen LogP contribution in [0.2, 0.25) is 0 Å². The van der Waals surface area contributed by atoms with Gasteiger partial charge in [-0.25, -0.2) is 8.42 Å². The number of amides is 1. The summed E-state index contributed by atoms with van der Waals surface area (Å²) in [6.45, 7) is 4.87. The molecule has 7 heteroatoms. The third kappa shape index (κ3) is 3.48. The van der Waals surface area contributed by atoms with Gasteiger partial charge in [-0.3, -0.25) is 4.79 Å². The molecule has 2 heterocycles. The number of carbonyl (C=O) groups is 1. The molecule has 2 saturated heterocycles. The van der Waals surface area contributed by atoms with E-state index in [9.17, 15) is 13.2 Å². The van der Waals surface area contributed by atoms with Crippen LogP contribution >= 0.6 is 0 Å². The van der Waals surface area contributed by atoms with Gasteiger partial charge in [0.1, 0.15) is 0 Å². The Labute approximate surface area is 143 Å². The molecule has 24 heavy (non-hydrogen) atoms. The molecule has 0 atom stereocenters. The van der Waals surface area contributed by atoms with Gasteiger partial charge in [0.25, 0.3) is 5.91 Å². The largest absolute Gasteiger partial charge is 0.379 e. The van der Waals surface area contributed by atoms with Crippen molar-refractivity contribution in [3.05, 3.63) is 29.3 Å². The zero-order chi connectivity index (χ0) is 17.2. The third-order valence-corrected chi connectivity index (χ3v) is 6.59. The van der Waals surface area contributed by atoms with Crippen LogP contribution in [0.1, 0.15) is 35.2 Å². The summed E-state index contributed by atoms with van der Waals surface area (Å²) >= 11 is 0. The highest BCUT2D eigenvalue weighted by molar-refractivity contribution is 7.89. The Kier molecular flexibility index (Phi) is 5.22. The highest BCUT2D eigenvalue weighted by atomic mass is 32.2. The molecule has 0 aliphatic carbocycles. The molecule has 3 rings (SSSR count). The predicted octanol–water partition coefficient (Wildman–Crippen LogP) is 1.64. The minimum absolute atomic E-state index is 0.0637. The van der Waals surface area contributed by atoms with Gasteiger partial charge in [0.15, 0.2) is 0 Å². The van der Waals surface area contributed by atoms with Crippen molar-refractivity contribution in [2.24, 2.45) is 0 Å². The maximum Gasteiger partial charge on any atom is 0.254 e. The van der Waals surface area contributed by atoms with Crippen LogP contribution in [0.15, 0.2) is 23.1 Å². The van der Waals surface area contributed by atoms with Gasteiger partial charge >= 0.3 is 0 Å². The van der Waals surface area contributed by atoms with Crippen molar-refractivity contribution in [1.29, 1.82) is 0 Å². The summed E-state index contributed by atoms with van der Waals surface area (Å²) in [5, 5.41) is 0. The van der Waals surface area contributed by atoms with Gasteiger partial charge in [0, 0.05) is 31.7 Å². The van der Waals surface area contributed by atoms with Crippen LogP contribution in [-0.4, -0.2) is 62.9 Å². The fourth-order valence-electron chi connectivity index (χ4n) is 3.20. The molecule has 0 aromatic heterocycles. The lowest BCUT2D eigenvalue weighted by Gasteiger charge is -2.28. The number of carbonyl (C=O) groups excluding carboxylic acids is 1. The highest BCUT2D eigenvalue weighted by Crippen LogP contribution is 2.22. The number of benzene rings is 1. The highest BCUT2D eigenvalue weighted by Gasteiger charge is 2.28. The van der Waals surface area contributed by atoms with Crippen LogP contribution < -0.4 is 0 Å². The second kappa shape index (κ2) is 7.21. The van der Waals surface area contributed by atoms with Crippen molar-refractivity contribution in [1.82, 2.24) is 9.21 Å². The second-order valence-electron chi connectivity index (χ2n) is 6.35. The van der Waals surface area contributed by atoms with Crippen LogP contribution in [0.3, 0.4) is 0 Å². The van der Waals surface area contributed by atoms with E-state index in [2.05, 4.69) is 0 Å². The number of likely N-dealkylation sites (tertiary alicyclic amines) is 1. The minimum Gasteiger partial charge on any atom is -0.379 e. The summed E-state index contributed by atoms with van der Waals surface area (Å²) in [6.07, 6.45) is 3.17. The predicted molar refractivity (Wildman–Crippen MR) is 90.5 cm³/mol. The molecular formula is C17H24N2O4S. The number of piperidine rings is 1. The lowest BCUT2D eigenvalue weighted by Crippen LogP contribution is -2.40. The van der Waals surface area contributed by atoms with E-state index in [1.165, 1.54) is 10.4 Å². The van der Waals surface area contributed by atoms with Crippen molar-refractivity contribution in [3.63, 3.8) is 0 Å². The lowest BCUT2D eigenvalue weighted by molar-refractivity contribution is 0.0721. The first-order valence-electron chi connectivity index (χ1n) is 8.48. The molecule has 1 amide bonds. The maximum atomic E-state index is 12.8. The van der Waals surface area contributed by atoms with E-state index < -0.39 is 10.0 Å². The molecule has 2 aliphatic heterocycles. The number of rotatable bonds is 3. The molecule has 0 radical (unpaired) electrons. The first-order chi connectivity index (χ1) is 11.5. The van der Waals surface area contributed by atoms with Crippen LogP contribution in [0, 0.1) is 6.92 Å². The van der Waals surface area contributed by atoms with Crippen LogP contribution in [0.5, 0.6) is 0 Å². The zero-order valence-electron chi connectivity index (χ0n) is 14.0. The Morgan fingerprint density at radius 2 is 1.71 bits per heavy atom. The number of ether oxygens (including phenoxy) is 1. The van der Waals surface area contributed by atoms with Gasteiger partial charge < -0.3 is 9.64 Å². The topological polar surface area (TPSA) is 66.9 Å². The van der Waals surface area contributed by atoms with Gasteiger partial charge in [0.2, 0.25) is 10.0 Å². The first kappa shape index (κ1) is 17.4. The van der Waals surface area contributed by atoms with Crippen LogP contribution in [0.25, 0.3) is 0 Å². The molecule has 0 N–H and O–H groups in total. The monoisotopic (exact) mass is 352 g/mol. The molecule has 0 bridgehead atoms. The van der Waals surface area contributed by atoms with Crippen molar-refractivity contribution in [2.45, 2.75) is 31.1 Å². The van der Waals surface area contributed by atoms with Crippen molar-refractivity contribution in [2.75, 3.05) is 39.4 Å². The molecule has 6 nitrogen and oxygen atoms in total. The summed E-state index contributed by atoms with van der Waals surface area (Å²) in [7, 11) is -3.58. The normalized spacial score (nSPS) is 20.1. The molecule has 0 unspecified atom stereocenters. The molecule has 0 saturated carbocycles. The van der Waals surface area contributed by atoms with E-state index in [4.69, 9.17) is 4.74 Å². The van der Waals surface area contributed by atoms with Gasteiger partial charge in [-0.15, -0.1) is 0 Å². The number of hydrogen-bond acceptors (Lipinski definition) is 4. The van der Waals surface area contributed by atoms with Crippen LogP contribution in [-0.2, 0) is 14.8 Å². The quantitative estimate of drug-likeness (QED) is 0.829. The fourth-order valence-corrected chi connectivity index (χ4v) is 4.63. The molecule has 2 fully saturated rings. The first-order valence-corrected chi connectivity index (χ1v) is 9.92. The second-order valence-corrected chi connectivity index (χ2v) is 8.28. The Morgan fingerprint density at radius 3 is 2.38 bits per heavy atom. The molecule has 1 aromatic carbocycles. The Morgan fingerprint density at radius 1 is 1.04 bits per heavy atom. The van der Waals surface area contributed by atoms with Gasteiger partial charge in [-0.05, 0) is 43.9 Å². The maximum absolute atomic E-state index is 12.8. The standard InChI is InChI=1S/C17H24N2O4S/c1-14-5-6-15(24(21,22)19-9-11-23-12-10-19)13-16(14)17(20)18-7-3-2-4-8-18/h5-6,13H,2-4,7-12H2,1H3. The van der Waals surface area contributed by atoms with E-state index in [-0.39, 0.29) is 10.8 Å². The van der Waals surface area contributed by atoms with Crippen molar-refractivity contribution >= 4 is 15.9 Å². The van der Waals surface area contributed by atoms with Crippen LogP contribution in [0.4, 0.5) is 0 Å². The molecule has 0 spiro atoms. The lowest BCUT2D eigenvalue weighted by atomic mass is 10.1. The van der Waals surface area contributed by atoms with Gasteiger partial charge in [-0.2, -0.15) is 4.31 Å². The summed E-state index contributed by atoms with van der Waals surface area (Å²) < 4.78 is 32.2. The van der Waals surface area contributed by atoms with Gasteiger partial charge in [-0.1, -0.05) is 6.07 Å². The van der Waals surface area contributed by atoms with Crippen molar-refractivity contribution < 1.29 is 17.9 Å². The Balaban J connectivity index is 1.89. The number of sulfonamides is 1. The third-order valence-electron chi connectivity index (χ3n) is 4.69. The van der Waals surface area contributed by atoms with E-state index in [1.807, 2.05) is 11.8 Å². The summed E-state index contributed by atoms with van der Waals surface area (Å²) in [5.41, 5.74) is 1.30.